The molecule has 0 aromatic carbocycles. The maximum absolute atomic E-state index is 13.1. The molecule has 1 atom stereocenters. The summed E-state index contributed by atoms with van der Waals surface area (Å²) in [7, 11) is 0. The fourth-order valence-corrected chi connectivity index (χ4v) is 3.01. The second kappa shape index (κ2) is 12.2. The zero-order valence-electron chi connectivity index (χ0n) is 13.6. The zero-order chi connectivity index (χ0) is 16.1. The van der Waals surface area contributed by atoms with E-state index < -0.39 is 5.92 Å². The molecule has 0 saturated carbocycles. The van der Waals surface area contributed by atoms with Crippen LogP contribution in [0.4, 0.5) is 8.78 Å². The number of hydrogen-bond acceptors (Lipinski definition) is 3. The van der Waals surface area contributed by atoms with Crippen LogP contribution in [-0.2, 0) is 9.53 Å². The van der Waals surface area contributed by atoms with Crippen LogP contribution >= 0.6 is 11.8 Å². The number of halogens is 2. The molecular weight excluding hydrogens is 294 g/mol. The standard InChI is InChI=1S/C16H30F2O2S/c1-4-7-8-10-14(15(19)20-12-5-2)21-13-9-11-16(17,18)6-3/h14H,4-13H2,1-3H3. The molecule has 0 N–H and O–H groups in total. The van der Waals surface area contributed by atoms with E-state index in [1.807, 2.05) is 6.92 Å². The van der Waals surface area contributed by atoms with E-state index in [0.29, 0.717) is 18.8 Å². The second-order valence-electron chi connectivity index (χ2n) is 5.34. The number of thioether (sulfide) groups is 1. The van der Waals surface area contributed by atoms with E-state index in [0.717, 1.165) is 32.1 Å². The van der Waals surface area contributed by atoms with Gasteiger partial charge < -0.3 is 4.74 Å². The summed E-state index contributed by atoms with van der Waals surface area (Å²) in [5, 5.41) is -0.196. The van der Waals surface area contributed by atoms with Gasteiger partial charge in [0.2, 0.25) is 5.92 Å². The normalized spacial score (nSPS) is 13.2. The Morgan fingerprint density at radius 3 is 2.43 bits per heavy atom. The fourth-order valence-electron chi connectivity index (χ4n) is 1.88. The van der Waals surface area contributed by atoms with Gasteiger partial charge in [-0.15, -0.1) is 11.8 Å². The number of esters is 1. The third-order valence-corrected chi connectivity index (χ3v) is 4.66. The van der Waals surface area contributed by atoms with Gasteiger partial charge in [0, 0.05) is 12.8 Å². The molecule has 0 rings (SSSR count). The van der Waals surface area contributed by atoms with Crippen LogP contribution in [0.2, 0.25) is 0 Å². The quantitative estimate of drug-likeness (QED) is 0.333. The summed E-state index contributed by atoms with van der Waals surface area (Å²) >= 11 is 1.47. The van der Waals surface area contributed by atoms with Crippen molar-refractivity contribution in [2.75, 3.05) is 12.4 Å². The molecule has 0 saturated heterocycles. The lowest BCUT2D eigenvalue weighted by atomic mass is 10.1. The summed E-state index contributed by atoms with van der Waals surface area (Å²) in [5.41, 5.74) is 0. The van der Waals surface area contributed by atoms with Crippen LogP contribution in [-0.4, -0.2) is 29.5 Å². The second-order valence-corrected chi connectivity index (χ2v) is 6.65. The molecule has 0 amide bonds. The zero-order valence-corrected chi connectivity index (χ0v) is 14.4. The highest BCUT2D eigenvalue weighted by molar-refractivity contribution is 8.00. The summed E-state index contributed by atoms with van der Waals surface area (Å²) < 4.78 is 31.5. The lowest BCUT2D eigenvalue weighted by molar-refractivity contribution is -0.143. The van der Waals surface area contributed by atoms with Crippen molar-refractivity contribution in [3.8, 4) is 0 Å². The molecule has 0 bridgehead atoms. The van der Waals surface area contributed by atoms with Crippen molar-refractivity contribution in [3.05, 3.63) is 0 Å². The minimum Gasteiger partial charge on any atom is -0.465 e. The molecule has 0 aromatic heterocycles. The third-order valence-electron chi connectivity index (χ3n) is 3.30. The number of ether oxygens (including phenoxy) is 1. The topological polar surface area (TPSA) is 26.3 Å². The van der Waals surface area contributed by atoms with Crippen LogP contribution in [0.15, 0.2) is 0 Å². The molecule has 0 fully saturated rings. The lowest BCUT2D eigenvalue weighted by Crippen LogP contribution is -2.22. The van der Waals surface area contributed by atoms with Gasteiger partial charge in [0.1, 0.15) is 5.25 Å². The molecule has 21 heavy (non-hydrogen) atoms. The van der Waals surface area contributed by atoms with E-state index in [4.69, 9.17) is 4.74 Å². The highest BCUT2D eigenvalue weighted by Gasteiger charge is 2.26. The molecule has 0 aliphatic rings. The van der Waals surface area contributed by atoms with E-state index in [-0.39, 0.29) is 24.1 Å². The van der Waals surface area contributed by atoms with Crippen LogP contribution in [0.5, 0.6) is 0 Å². The third kappa shape index (κ3) is 11.0. The van der Waals surface area contributed by atoms with Crippen molar-refractivity contribution < 1.29 is 18.3 Å². The van der Waals surface area contributed by atoms with Gasteiger partial charge in [0.25, 0.3) is 0 Å². The maximum atomic E-state index is 13.1. The Balaban J connectivity index is 4.11. The Bertz CT molecular complexity index is 273. The summed E-state index contributed by atoms with van der Waals surface area (Å²) in [5.74, 6) is -2.16. The highest BCUT2D eigenvalue weighted by Crippen LogP contribution is 2.27. The van der Waals surface area contributed by atoms with E-state index >= 15 is 0 Å². The molecule has 0 aliphatic heterocycles. The van der Waals surface area contributed by atoms with Gasteiger partial charge in [-0.3, -0.25) is 4.79 Å². The molecule has 0 aromatic rings. The number of rotatable bonds is 13. The maximum Gasteiger partial charge on any atom is 0.319 e. The monoisotopic (exact) mass is 324 g/mol. The average molecular weight is 324 g/mol. The van der Waals surface area contributed by atoms with Crippen LogP contribution in [0, 0.1) is 0 Å². The van der Waals surface area contributed by atoms with Gasteiger partial charge in [-0.25, -0.2) is 8.78 Å². The largest absolute Gasteiger partial charge is 0.465 e. The molecule has 5 heteroatoms. The van der Waals surface area contributed by atoms with Gasteiger partial charge in [0.05, 0.1) is 6.61 Å². The fraction of sp³-hybridized carbons (Fsp3) is 0.938. The summed E-state index contributed by atoms with van der Waals surface area (Å²) in [6.07, 6.45) is 5.00. The molecule has 126 valence electrons. The first-order valence-electron chi connectivity index (χ1n) is 8.12. The van der Waals surface area contributed by atoms with E-state index in [2.05, 4.69) is 6.92 Å². The van der Waals surface area contributed by atoms with Crippen molar-refractivity contribution in [1.82, 2.24) is 0 Å². The molecule has 0 heterocycles. The van der Waals surface area contributed by atoms with Crippen molar-refractivity contribution in [3.63, 3.8) is 0 Å². The van der Waals surface area contributed by atoms with Gasteiger partial charge in [0.15, 0.2) is 0 Å². The summed E-state index contributed by atoms with van der Waals surface area (Å²) in [6, 6.07) is 0. The van der Waals surface area contributed by atoms with E-state index in [9.17, 15) is 13.6 Å². The first kappa shape index (κ1) is 20.7. The first-order valence-corrected chi connectivity index (χ1v) is 9.17. The molecule has 0 spiro atoms. The minimum atomic E-state index is -2.57. The number of alkyl halides is 2. The lowest BCUT2D eigenvalue weighted by Gasteiger charge is -2.17. The van der Waals surface area contributed by atoms with Gasteiger partial charge >= 0.3 is 5.97 Å². The minimum absolute atomic E-state index is 0.0951. The summed E-state index contributed by atoms with van der Waals surface area (Å²) in [6.45, 7) is 6.02. The molecule has 1 unspecified atom stereocenters. The summed E-state index contributed by atoms with van der Waals surface area (Å²) in [4.78, 5) is 12.0. The number of unbranched alkanes of at least 4 members (excludes halogenated alkanes) is 2. The highest BCUT2D eigenvalue weighted by atomic mass is 32.2. The Kier molecular flexibility index (Phi) is 12.1. The SMILES string of the molecule is CCCCCC(SCCCC(F)(F)CC)C(=O)OCCC. The Hall–Kier alpha value is -0.320. The van der Waals surface area contributed by atoms with Crippen molar-refractivity contribution >= 4 is 17.7 Å². The molecular formula is C16H30F2O2S. The predicted octanol–water partition coefficient (Wildman–Crippen LogP) is 5.45. The Morgan fingerprint density at radius 1 is 1.14 bits per heavy atom. The van der Waals surface area contributed by atoms with Gasteiger partial charge in [-0.1, -0.05) is 40.0 Å². The van der Waals surface area contributed by atoms with E-state index in [1.54, 1.807) is 0 Å². The van der Waals surface area contributed by atoms with Crippen molar-refractivity contribution in [1.29, 1.82) is 0 Å². The van der Waals surface area contributed by atoms with Crippen molar-refractivity contribution in [2.24, 2.45) is 0 Å². The number of carbonyl (C=O) groups excluding carboxylic acids is 1. The number of carbonyl (C=O) groups is 1. The Morgan fingerprint density at radius 2 is 1.86 bits per heavy atom. The van der Waals surface area contributed by atoms with Crippen LogP contribution < -0.4 is 0 Å². The molecule has 0 radical (unpaired) electrons. The first-order chi connectivity index (χ1) is 9.96. The van der Waals surface area contributed by atoms with Crippen LogP contribution in [0.1, 0.15) is 72.1 Å². The average Bonchev–Trinajstić information content (AvgIpc) is 2.47. The molecule has 0 aliphatic carbocycles. The van der Waals surface area contributed by atoms with Crippen LogP contribution in [0.3, 0.4) is 0 Å². The van der Waals surface area contributed by atoms with Gasteiger partial charge in [-0.2, -0.15) is 0 Å². The van der Waals surface area contributed by atoms with Gasteiger partial charge in [-0.05, 0) is 25.0 Å². The van der Waals surface area contributed by atoms with E-state index in [1.165, 1.54) is 18.7 Å². The number of hydrogen-bond donors (Lipinski definition) is 0. The smallest absolute Gasteiger partial charge is 0.319 e. The van der Waals surface area contributed by atoms with Crippen LogP contribution in [0.25, 0.3) is 0 Å². The predicted molar refractivity (Wildman–Crippen MR) is 86.1 cm³/mol. The molecule has 2 nitrogen and oxygen atoms in total. The van der Waals surface area contributed by atoms with Crippen molar-refractivity contribution in [2.45, 2.75) is 83.3 Å². The Labute approximate surface area is 132 Å².